The zero-order valence-electron chi connectivity index (χ0n) is 11.7. The molecule has 0 radical (unpaired) electrons. The molecule has 1 aromatic carbocycles. The van der Waals surface area contributed by atoms with Gasteiger partial charge in [0.15, 0.2) is 5.72 Å². The molecule has 1 aliphatic rings. The lowest BCUT2D eigenvalue weighted by molar-refractivity contribution is -0.117. The highest BCUT2D eigenvalue weighted by atomic mass is 127. The van der Waals surface area contributed by atoms with E-state index in [4.69, 9.17) is 0 Å². The Morgan fingerprint density at radius 3 is 2.50 bits per heavy atom. The number of amides is 1. The first kappa shape index (κ1) is 15.6. The van der Waals surface area contributed by atoms with E-state index in [0.29, 0.717) is 12.0 Å². The number of nitrogens with zero attached hydrogens (tertiary/aromatic N) is 1. The third-order valence-electron chi connectivity index (χ3n) is 3.51. The number of hydrogen-bond acceptors (Lipinski definition) is 2. The molecule has 2 rings (SSSR count). The smallest absolute Gasteiger partial charge is 0.410 e. The summed E-state index contributed by atoms with van der Waals surface area (Å²) >= 11 is 2.15. The monoisotopic (exact) mass is 389 g/mol. The van der Waals surface area contributed by atoms with Crippen molar-refractivity contribution in [3.63, 3.8) is 0 Å². The second kappa shape index (κ2) is 5.89. The van der Waals surface area contributed by atoms with E-state index >= 15 is 0 Å². The van der Waals surface area contributed by atoms with E-state index in [1.165, 1.54) is 4.90 Å². The van der Waals surface area contributed by atoms with Crippen LogP contribution in [0.3, 0.4) is 0 Å². The van der Waals surface area contributed by atoms with Gasteiger partial charge in [-0.05, 0) is 47.4 Å². The summed E-state index contributed by atoms with van der Waals surface area (Å²) in [6.07, 6.45) is 1.01. The topological polar surface area (TPSA) is 60.8 Å². The molecular formula is C15H20INO3. The number of benzene rings is 1. The lowest BCUT2D eigenvalue weighted by Crippen LogP contribution is -2.51. The van der Waals surface area contributed by atoms with Gasteiger partial charge in [0.05, 0.1) is 0 Å². The molecule has 110 valence electrons. The summed E-state index contributed by atoms with van der Waals surface area (Å²) < 4.78 is 0.889. The fourth-order valence-electron chi connectivity index (χ4n) is 2.64. The van der Waals surface area contributed by atoms with E-state index in [1.54, 1.807) is 0 Å². The van der Waals surface area contributed by atoms with Gasteiger partial charge in [-0.15, -0.1) is 0 Å². The molecule has 1 atom stereocenters. The molecule has 1 saturated carbocycles. The summed E-state index contributed by atoms with van der Waals surface area (Å²) in [6.45, 7) is 3.99. The first-order valence-electron chi connectivity index (χ1n) is 6.86. The Hall–Kier alpha value is -0.820. The normalized spacial score (nSPS) is 17.9. The van der Waals surface area contributed by atoms with Crippen LogP contribution in [0, 0.1) is 9.49 Å². The second-order valence-electron chi connectivity index (χ2n) is 5.78. The fraction of sp³-hybridized carbons (Fsp3) is 0.533. The summed E-state index contributed by atoms with van der Waals surface area (Å²) in [6, 6.07) is 7.39. The summed E-state index contributed by atoms with van der Waals surface area (Å²) in [5.74, 6) is 0.191. The highest BCUT2D eigenvalue weighted by Gasteiger charge is 2.48. The van der Waals surface area contributed by atoms with Gasteiger partial charge < -0.3 is 10.2 Å². The van der Waals surface area contributed by atoms with Crippen LogP contribution in [-0.2, 0) is 5.72 Å². The van der Waals surface area contributed by atoms with E-state index in [2.05, 4.69) is 22.6 Å². The molecule has 0 heterocycles. The molecule has 20 heavy (non-hydrogen) atoms. The number of aliphatic hydroxyl groups is 1. The van der Waals surface area contributed by atoms with Gasteiger partial charge >= 0.3 is 6.09 Å². The van der Waals surface area contributed by atoms with Gasteiger partial charge in [-0.3, -0.25) is 4.90 Å². The largest absolute Gasteiger partial charge is 0.465 e. The molecule has 0 aromatic heterocycles. The molecule has 0 bridgehead atoms. The van der Waals surface area contributed by atoms with Gasteiger partial charge in [0.25, 0.3) is 0 Å². The molecule has 0 spiro atoms. The maximum Gasteiger partial charge on any atom is 0.410 e. The summed E-state index contributed by atoms with van der Waals surface area (Å²) in [5, 5.41) is 20.8. The van der Waals surface area contributed by atoms with Crippen molar-refractivity contribution in [3.8, 4) is 0 Å². The van der Waals surface area contributed by atoms with Crippen LogP contribution in [0.4, 0.5) is 4.79 Å². The number of carbonyl (C=O) groups is 1. The maximum absolute atomic E-state index is 11.7. The van der Waals surface area contributed by atoms with Crippen LogP contribution in [0.2, 0.25) is 0 Å². The van der Waals surface area contributed by atoms with Crippen molar-refractivity contribution in [2.24, 2.45) is 5.92 Å². The van der Waals surface area contributed by atoms with E-state index in [-0.39, 0.29) is 12.0 Å². The van der Waals surface area contributed by atoms with E-state index in [1.807, 2.05) is 38.1 Å². The van der Waals surface area contributed by atoms with Crippen LogP contribution in [0.5, 0.6) is 0 Å². The Kier molecular flexibility index (Phi) is 4.59. The van der Waals surface area contributed by atoms with Crippen LogP contribution in [-0.4, -0.2) is 27.2 Å². The lowest BCUT2D eigenvalue weighted by atomic mass is 9.91. The summed E-state index contributed by atoms with van der Waals surface area (Å²) in [5.41, 5.74) is -0.762. The van der Waals surface area contributed by atoms with Crippen molar-refractivity contribution in [3.05, 3.63) is 33.4 Å². The number of halogens is 1. The minimum atomic E-state index is -1.45. The average molecular weight is 389 g/mol. The standard InChI is InChI=1S/C15H20INO3/c1-10(2)9-15(20,12-5-3-4-6-13(12)16)17(14(18)19)11-7-8-11/h3-6,10-11,20H,7-9H2,1-2H3,(H,18,19)/t15-/m1/s1. The molecular weight excluding hydrogens is 369 g/mol. The van der Waals surface area contributed by atoms with Gasteiger partial charge in [-0.1, -0.05) is 32.0 Å². The highest BCUT2D eigenvalue weighted by molar-refractivity contribution is 14.1. The van der Waals surface area contributed by atoms with Crippen molar-refractivity contribution in [2.45, 2.75) is 44.9 Å². The third-order valence-corrected chi connectivity index (χ3v) is 4.46. The Balaban J connectivity index is 2.49. The Morgan fingerprint density at radius 1 is 1.45 bits per heavy atom. The zero-order chi connectivity index (χ0) is 14.9. The van der Waals surface area contributed by atoms with Gasteiger partial charge in [0.1, 0.15) is 0 Å². The molecule has 0 saturated heterocycles. The molecule has 0 unspecified atom stereocenters. The molecule has 5 heteroatoms. The molecule has 1 amide bonds. The van der Waals surface area contributed by atoms with E-state index in [9.17, 15) is 15.0 Å². The molecule has 0 aliphatic heterocycles. The summed E-state index contributed by atoms with van der Waals surface area (Å²) in [7, 11) is 0. The minimum Gasteiger partial charge on any atom is -0.465 e. The van der Waals surface area contributed by atoms with Gasteiger partial charge in [0, 0.05) is 21.6 Å². The molecule has 1 aliphatic carbocycles. The first-order chi connectivity index (χ1) is 9.36. The third kappa shape index (κ3) is 3.09. The lowest BCUT2D eigenvalue weighted by Gasteiger charge is -2.40. The Bertz CT molecular complexity index is 502. The maximum atomic E-state index is 11.7. The van der Waals surface area contributed by atoms with E-state index < -0.39 is 11.8 Å². The van der Waals surface area contributed by atoms with Crippen molar-refractivity contribution < 1.29 is 15.0 Å². The van der Waals surface area contributed by atoms with E-state index in [0.717, 1.165) is 16.4 Å². The summed E-state index contributed by atoms with van der Waals surface area (Å²) in [4.78, 5) is 12.9. The van der Waals surface area contributed by atoms with Crippen molar-refractivity contribution in [2.75, 3.05) is 0 Å². The predicted octanol–water partition coefficient (Wildman–Crippen LogP) is 3.62. The van der Waals surface area contributed by atoms with Gasteiger partial charge in [0.2, 0.25) is 0 Å². The number of hydrogen-bond donors (Lipinski definition) is 2. The van der Waals surface area contributed by atoms with Crippen LogP contribution in [0.1, 0.15) is 38.7 Å². The number of rotatable bonds is 5. The van der Waals surface area contributed by atoms with Crippen molar-refractivity contribution in [1.82, 2.24) is 4.90 Å². The quantitative estimate of drug-likeness (QED) is 0.597. The Morgan fingerprint density at radius 2 is 2.05 bits per heavy atom. The van der Waals surface area contributed by atoms with Crippen LogP contribution in [0.25, 0.3) is 0 Å². The highest BCUT2D eigenvalue weighted by Crippen LogP contribution is 2.42. The van der Waals surface area contributed by atoms with Crippen molar-refractivity contribution >= 4 is 28.7 Å². The van der Waals surface area contributed by atoms with Gasteiger partial charge in [-0.25, -0.2) is 4.79 Å². The minimum absolute atomic E-state index is 0.0627. The fourth-order valence-corrected chi connectivity index (χ4v) is 3.46. The van der Waals surface area contributed by atoms with Crippen LogP contribution >= 0.6 is 22.6 Å². The van der Waals surface area contributed by atoms with Crippen LogP contribution in [0.15, 0.2) is 24.3 Å². The second-order valence-corrected chi connectivity index (χ2v) is 6.94. The average Bonchev–Trinajstić information content (AvgIpc) is 3.12. The SMILES string of the molecule is CC(C)C[C@@](O)(c1ccccc1I)N(C(=O)O)C1CC1. The molecule has 4 nitrogen and oxygen atoms in total. The number of carboxylic acid groups (broad SMARTS) is 1. The zero-order valence-corrected chi connectivity index (χ0v) is 13.9. The molecule has 1 aromatic rings. The first-order valence-corrected chi connectivity index (χ1v) is 7.93. The molecule has 1 fully saturated rings. The molecule has 2 N–H and O–H groups in total. The van der Waals surface area contributed by atoms with Crippen LogP contribution < -0.4 is 0 Å². The predicted molar refractivity (Wildman–Crippen MR) is 85.4 cm³/mol. The van der Waals surface area contributed by atoms with Crippen molar-refractivity contribution in [1.29, 1.82) is 0 Å². The van der Waals surface area contributed by atoms with Gasteiger partial charge in [-0.2, -0.15) is 0 Å². The Labute approximate surface area is 132 Å².